The molecule has 0 aliphatic rings. The lowest BCUT2D eigenvalue weighted by Crippen LogP contribution is -2.13. The Kier molecular flexibility index (Phi) is 7.45. The van der Waals surface area contributed by atoms with Crippen LogP contribution in [0.2, 0.25) is 0 Å². The molecule has 0 radical (unpaired) electrons. The summed E-state index contributed by atoms with van der Waals surface area (Å²) in [4.78, 5) is 0. The fourth-order valence-corrected chi connectivity index (χ4v) is 13.3. The van der Waals surface area contributed by atoms with E-state index in [1.807, 2.05) is 22.7 Å². The predicted octanol–water partition coefficient (Wildman–Crippen LogP) is 17.9. The fourth-order valence-electron chi connectivity index (χ4n) is 10.8. The van der Waals surface area contributed by atoms with Gasteiger partial charge in [0.1, 0.15) is 0 Å². The van der Waals surface area contributed by atoms with E-state index in [1.165, 1.54) is 128 Å². The van der Waals surface area contributed by atoms with Crippen molar-refractivity contribution in [2.45, 2.75) is 26.2 Å². The Morgan fingerprint density at radius 2 is 0.812 bits per heavy atom. The highest BCUT2D eigenvalue weighted by molar-refractivity contribution is 7.27. The van der Waals surface area contributed by atoms with E-state index in [2.05, 4.69) is 218 Å². The number of thiophene rings is 2. The third-order valence-corrected chi connectivity index (χ3v) is 16.2. The van der Waals surface area contributed by atoms with Crippen LogP contribution in [0, 0.1) is 0 Å². The van der Waals surface area contributed by atoms with Crippen molar-refractivity contribution in [3.63, 3.8) is 0 Å². The normalized spacial score (nSPS) is 12.6. The maximum Gasteiger partial charge on any atom is 0.0547 e. The Bertz CT molecular complexity index is 4280. The van der Waals surface area contributed by atoms with E-state index in [0.717, 1.165) is 5.69 Å². The summed E-state index contributed by atoms with van der Waals surface area (Å²) in [6.45, 7) is 7.03. The Morgan fingerprint density at radius 3 is 1.34 bits per heavy atom. The highest BCUT2D eigenvalue weighted by atomic mass is 32.1. The molecule has 302 valence electrons. The van der Waals surface area contributed by atoms with Crippen LogP contribution in [0.4, 0.5) is 0 Å². The number of rotatable bonds is 3. The maximum atomic E-state index is 2.49. The Balaban J connectivity index is 0.907. The first kappa shape index (κ1) is 36.3. The summed E-state index contributed by atoms with van der Waals surface area (Å²) in [6, 6.07) is 70.8. The molecule has 0 atom stereocenters. The van der Waals surface area contributed by atoms with Crippen LogP contribution in [0.5, 0.6) is 0 Å². The lowest BCUT2D eigenvalue weighted by molar-refractivity contribution is 0.591. The number of nitrogens with zero attached hydrogens (tertiary/aromatic N) is 2. The van der Waals surface area contributed by atoms with E-state index < -0.39 is 0 Å². The zero-order valence-electron chi connectivity index (χ0n) is 35.6. The molecule has 0 saturated heterocycles. The number of hydrogen-bond acceptors (Lipinski definition) is 2. The van der Waals surface area contributed by atoms with Crippen LogP contribution < -0.4 is 0 Å². The fraction of sp³-hybridized carbons (Fsp3) is 0.0667. The molecule has 0 aliphatic carbocycles. The molecule has 2 nitrogen and oxygen atoms in total. The minimum absolute atomic E-state index is 0.101. The lowest BCUT2D eigenvalue weighted by atomic mass is 9.81. The van der Waals surface area contributed by atoms with Gasteiger partial charge in [-0.05, 0) is 106 Å². The van der Waals surface area contributed by atoms with Crippen molar-refractivity contribution in [3.05, 3.63) is 194 Å². The molecule has 0 amide bonds. The largest absolute Gasteiger partial charge is 0.309 e. The molecule has 0 saturated carbocycles. The van der Waals surface area contributed by atoms with Gasteiger partial charge in [0.15, 0.2) is 0 Å². The minimum Gasteiger partial charge on any atom is -0.309 e. The van der Waals surface area contributed by atoms with Crippen molar-refractivity contribution in [2.24, 2.45) is 0 Å². The topological polar surface area (TPSA) is 9.86 Å². The molecule has 4 heterocycles. The lowest BCUT2D eigenvalue weighted by Gasteiger charge is -2.25. The van der Waals surface area contributed by atoms with Crippen molar-refractivity contribution in [2.75, 3.05) is 0 Å². The van der Waals surface area contributed by atoms with Gasteiger partial charge < -0.3 is 9.13 Å². The van der Waals surface area contributed by atoms with Gasteiger partial charge in [0.2, 0.25) is 0 Å². The third-order valence-electron chi connectivity index (χ3n) is 13.8. The number of benzene rings is 10. The molecule has 14 rings (SSSR count). The zero-order valence-corrected chi connectivity index (χ0v) is 37.2. The van der Waals surface area contributed by atoms with Gasteiger partial charge in [0, 0.05) is 84.0 Å². The standard InChI is InChI=1S/C60H40N2S2/c1-60(2,3)51-32-39(62-53-17-9-5-13-42(53)50-34-48-37(31-55(50)62)23-28-46-44-15-7-11-19-57(44)64-59(46)48)26-29-40(51)35-20-24-38(25-21-35)61-52-16-8-4-12-41(52)49-33-47-36(30-54(49)61)22-27-45-43-14-6-10-18-56(43)63-58(45)47/h4-34H,1-3H3. The summed E-state index contributed by atoms with van der Waals surface area (Å²) in [5.74, 6) is 0. The molecule has 0 spiro atoms. The summed E-state index contributed by atoms with van der Waals surface area (Å²) >= 11 is 3.81. The summed E-state index contributed by atoms with van der Waals surface area (Å²) in [5.41, 5.74) is 11.0. The number of hydrogen-bond donors (Lipinski definition) is 0. The smallest absolute Gasteiger partial charge is 0.0547 e. The van der Waals surface area contributed by atoms with Crippen molar-refractivity contribution < 1.29 is 0 Å². The van der Waals surface area contributed by atoms with Gasteiger partial charge in [-0.1, -0.05) is 136 Å². The molecule has 0 fully saturated rings. The van der Waals surface area contributed by atoms with Crippen LogP contribution in [0.25, 0.3) is 128 Å². The van der Waals surface area contributed by atoms with Crippen LogP contribution in [0.3, 0.4) is 0 Å². The van der Waals surface area contributed by atoms with E-state index in [9.17, 15) is 0 Å². The van der Waals surface area contributed by atoms with E-state index >= 15 is 0 Å². The van der Waals surface area contributed by atoms with Crippen LogP contribution in [0.15, 0.2) is 188 Å². The van der Waals surface area contributed by atoms with Gasteiger partial charge in [-0.25, -0.2) is 0 Å². The number of aromatic nitrogens is 2. The first-order valence-corrected chi connectivity index (χ1v) is 23.8. The molecule has 4 aromatic heterocycles. The van der Waals surface area contributed by atoms with E-state index in [0.29, 0.717) is 0 Å². The predicted molar refractivity (Wildman–Crippen MR) is 280 cm³/mol. The molecule has 0 aliphatic heterocycles. The molecule has 14 aromatic rings. The van der Waals surface area contributed by atoms with Gasteiger partial charge in [-0.2, -0.15) is 0 Å². The highest BCUT2D eigenvalue weighted by Crippen LogP contribution is 2.45. The van der Waals surface area contributed by atoms with Gasteiger partial charge in [0.05, 0.1) is 22.1 Å². The quantitative estimate of drug-likeness (QED) is 0.168. The highest BCUT2D eigenvalue weighted by Gasteiger charge is 2.23. The second kappa shape index (κ2) is 13.2. The molecule has 0 N–H and O–H groups in total. The monoisotopic (exact) mass is 852 g/mol. The van der Waals surface area contributed by atoms with Crippen LogP contribution >= 0.6 is 22.7 Å². The first-order chi connectivity index (χ1) is 31.4. The van der Waals surface area contributed by atoms with Crippen LogP contribution in [-0.2, 0) is 5.41 Å². The average molecular weight is 853 g/mol. The molecule has 0 unspecified atom stereocenters. The van der Waals surface area contributed by atoms with Crippen LogP contribution in [-0.4, -0.2) is 9.13 Å². The molecule has 10 aromatic carbocycles. The molecule has 64 heavy (non-hydrogen) atoms. The van der Waals surface area contributed by atoms with E-state index in [-0.39, 0.29) is 5.41 Å². The molecular formula is C60H40N2S2. The van der Waals surface area contributed by atoms with E-state index in [1.54, 1.807) is 0 Å². The van der Waals surface area contributed by atoms with Gasteiger partial charge in [0.25, 0.3) is 0 Å². The Labute approximate surface area is 377 Å². The van der Waals surface area contributed by atoms with E-state index in [4.69, 9.17) is 0 Å². The maximum absolute atomic E-state index is 2.49. The summed E-state index contributed by atoms with van der Waals surface area (Å²) in [7, 11) is 0. The second-order valence-electron chi connectivity index (χ2n) is 18.5. The van der Waals surface area contributed by atoms with Gasteiger partial charge in [-0.15, -0.1) is 22.7 Å². The Hall–Kier alpha value is -7.24. The first-order valence-electron chi connectivity index (χ1n) is 22.2. The third kappa shape index (κ3) is 5.12. The van der Waals surface area contributed by atoms with Crippen molar-refractivity contribution in [1.82, 2.24) is 9.13 Å². The zero-order chi connectivity index (χ0) is 42.4. The van der Waals surface area contributed by atoms with Gasteiger partial charge >= 0.3 is 0 Å². The molecular weight excluding hydrogens is 813 g/mol. The Morgan fingerprint density at radius 1 is 0.344 bits per heavy atom. The average Bonchev–Trinajstić information content (AvgIpc) is 4.08. The van der Waals surface area contributed by atoms with Gasteiger partial charge in [-0.3, -0.25) is 0 Å². The number of fused-ring (bicyclic) bond motifs is 16. The second-order valence-corrected chi connectivity index (χ2v) is 20.6. The summed E-state index contributed by atoms with van der Waals surface area (Å²) < 4.78 is 10.3. The minimum atomic E-state index is -0.101. The molecule has 4 heteroatoms. The van der Waals surface area contributed by atoms with Crippen molar-refractivity contribution in [1.29, 1.82) is 0 Å². The summed E-state index contributed by atoms with van der Waals surface area (Å²) in [5, 5.41) is 15.7. The van der Waals surface area contributed by atoms with Crippen molar-refractivity contribution in [3.8, 4) is 22.5 Å². The SMILES string of the molecule is CC(C)(C)c1cc(-n2c3ccccc3c3cc4c(ccc5c6ccccc6sc45)cc32)ccc1-c1ccc(-n2c3ccccc3c3cc4c(ccc5c6ccccc6sc45)cc32)cc1. The number of para-hydroxylation sites is 2. The van der Waals surface area contributed by atoms with Crippen molar-refractivity contribution >= 4 is 128 Å². The van der Waals surface area contributed by atoms with Crippen LogP contribution in [0.1, 0.15) is 26.3 Å². The molecule has 0 bridgehead atoms. The summed E-state index contributed by atoms with van der Waals surface area (Å²) in [6.07, 6.45) is 0.